The Morgan fingerprint density at radius 3 is 3.17 bits per heavy atom. The van der Waals surface area contributed by atoms with E-state index in [4.69, 9.17) is 0 Å². The van der Waals surface area contributed by atoms with E-state index in [1.54, 1.807) is 0 Å². The first-order valence-corrected chi connectivity index (χ1v) is 4.79. The fourth-order valence-corrected chi connectivity index (χ4v) is 3.30. The molecule has 1 aliphatic carbocycles. The number of aliphatic hydroxyl groups excluding tert-OH is 1. The van der Waals surface area contributed by atoms with Gasteiger partial charge in [0.15, 0.2) is 0 Å². The Kier molecular flexibility index (Phi) is 1.15. The molecular formula is C10H15NO. The zero-order valence-corrected chi connectivity index (χ0v) is 7.29. The summed E-state index contributed by atoms with van der Waals surface area (Å²) in [5.74, 6) is 1.70. The lowest BCUT2D eigenvalue weighted by Gasteiger charge is -2.32. The fourth-order valence-electron chi connectivity index (χ4n) is 3.30. The van der Waals surface area contributed by atoms with E-state index in [2.05, 4.69) is 11.5 Å². The predicted octanol–water partition coefficient (Wildman–Crippen LogP) is 0.629. The Hall–Kier alpha value is -0.340. The minimum absolute atomic E-state index is 0.141. The molecule has 0 amide bonds. The standard InChI is InChI=1S/C10H15NO/c1-7-3-10(6-12)9-2-8(9)5-11(10)4-7/h8-9,12H,1-6H2/t8-,9-,10?/m1/s1. The van der Waals surface area contributed by atoms with Crippen molar-refractivity contribution in [1.29, 1.82) is 0 Å². The van der Waals surface area contributed by atoms with Crippen LogP contribution in [0.25, 0.3) is 0 Å². The lowest BCUT2D eigenvalue weighted by molar-refractivity contribution is 0.0756. The van der Waals surface area contributed by atoms with E-state index in [-0.39, 0.29) is 5.54 Å². The van der Waals surface area contributed by atoms with Crippen LogP contribution in [-0.2, 0) is 0 Å². The van der Waals surface area contributed by atoms with Crippen LogP contribution in [0.3, 0.4) is 0 Å². The third-order valence-corrected chi connectivity index (χ3v) is 3.94. The minimum Gasteiger partial charge on any atom is -0.394 e. The Morgan fingerprint density at radius 1 is 1.67 bits per heavy atom. The van der Waals surface area contributed by atoms with E-state index in [0.29, 0.717) is 6.61 Å². The molecule has 2 aliphatic heterocycles. The monoisotopic (exact) mass is 165 g/mol. The van der Waals surface area contributed by atoms with Gasteiger partial charge in [0, 0.05) is 13.1 Å². The first kappa shape index (κ1) is 7.10. The average Bonchev–Trinajstić information content (AvgIpc) is 2.62. The van der Waals surface area contributed by atoms with Crippen molar-refractivity contribution >= 4 is 0 Å². The summed E-state index contributed by atoms with van der Waals surface area (Å²) in [6, 6.07) is 0. The van der Waals surface area contributed by atoms with Crippen molar-refractivity contribution in [1.82, 2.24) is 4.90 Å². The Labute approximate surface area is 72.9 Å². The van der Waals surface area contributed by atoms with Crippen molar-refractivity contribution in [3.8, 4) is 0 Å². The van der Waals surface area contributed by atoms with Crippen molar-refractivity contribution in [2.24, 2.45) is 11.8 Å². The molecule has 0 aromatic carbocycles. The number of hydrogen-bond donors (Lipinski definition) is 1. The molecule has 3 aliphatic rings. The number of piperidine rings is 1. The van der Waals surface area contributed by atoms with Crippen LogP contribution < -0.4 is 0 Å². The van der Waals surface area contributed by atoms with Gasteiger partial charge in [-0.2, -0.15) is 0 Å². The van der Waals surface area contributed by atoms with Gasteiger partial charge in [-0.25, -0.2) is 0 Å². The highest BCUT2D eigenvalue weighted by atomic mass is 16.3. The lowest BCUT2D eigenvalue weighted by atomic mass is 9.91. The summed E-state index contributed by atoms with van der Waals surface area (Å²) >= 11 is 0. The highest BCUT2D eigenvalue weighted by Gasteiger charge is 2.63. The molecule has 0 aromatic rings. The van der Waals surface area contributed by atoms with E-state index in [0.717, 1.165) is 24.8 Å². The molecular weight excluding hydrogens is 150 g/mol. The SMILES string of the molecule is C=C1CN2C[C@H]3C[C@H]3C2(CO)C1. The van der Waals surface area contributed by atoms with Gasteiger partial charge in [0.25, 0.3) is 0 Å². The lowest BCUT2D eigenvalue weighted by Crippen LogP contribution is -2.45. The molecule has 1 unspecified atom stereocenters. The van der Waals surface area contributed by atoms with Gasteiger partial charge in [0.1, 0.15) is 0 Å². The van der Waals surface area contributed by atoms with Crippen LogP contribution in [0.4, 0.5) is 0 Å². The van der Waals surface area contributed by atoms with E-state index in [1.165, 1.54) is 18.5 Å². The summed E-state index contributed by atoms with van der Waals surface area (Å²) in [5, 5.41) is 9.46. The van der Waals surface area contributed by atoms with Gasteiger partial charge in [0.2, 0.25) is 0 Å². The fraction of sp³-hybridized carbons (Fsp3) is 0.800. The summed E-state index contributed by atoms with van der Waals surface area (Å²) in [7, 11) is 0. The molecule has 3 atom stereocenters. The third-order valence-electron chi connectivity index (χ3n) is 3.94. The van der Waals surface area contributed by atoms with Crippen molar-refractivity contribution in [2.75, 3.05) is 19.7 Å². The highest BCUT2D eigenvalue weighted by molar-refractivity contribution is 5.25. The summed E-state index contributed by atoms with van der Waals surface area (Å²) in [6.07, 6.45) is 2.40. The summed E-state index contributed by atoms with van der Waals surface area (Å²) < 4.78 is 0. The van der Waals surface area contributed by atoms with Crippen molar-refractivity contribution in [3.05, 3.63) is 12.2 Å². The van der Waals surface area contributed by atoms with E-state index in [9.17, 15) is 5.11 Å². The van der Waals surface area contributed by atoms with Gasteiger partial charge in [-0.05, 0) is 24.7 Å². The van der Waals surface area contributed by atoms with Crippen LogP contribution in [-0.4, -0.2) is 35.2 Å². The number of hydrogen-bond acceptors (Lipinski definition) is 2. The van der Waals surface area contributed by atoms with Crippen LogP contribution in [0.1, 0.15) is 12.8 Å². The molecule has 66 valence electrons. The van der Waals surface area contributed by atoms with Gasteiger partial charge in [-0.15, -0.1) is 0 Å². The smallest absolute Gasteiger partial charge is 0.0621 e. The quantitative estimate of drug-likeness (QED) is 0.576. The van der Waals surface area contributed by atoms with Crippen LogP contribution in [0.2, 0.25) is 0 Å². The maximum absolute atomic E-state index is 9.46. The first-order chi connectivity index (χ1) is 5.76. The predicted molar refractivity (Wildman–Crippen MR) is 46.7 cm³/mol. The number of rotatable bonds is 1. The molecule has 2 heteroatoms. The summed E-state index contributed by atoms with van der Waals surface area (Å²) in [6.45, 7) is 6.62. The normalized spacial score (nSPS) is 50.9. The van der Waals surface area contributed by atoms with Crippen LogP contribution in [0, 0.1) is 11.8 Å². The second kappa shape index (κ2) is 1.94. The second-order valence-electron chi connectivity index (χ2n) is 4.67. The number of nitrogens with zero attached hydrogens (tertiary/aromatic N) is 1. The molecule has 0 aromatic heterocycles. The Balaban J connectivity index is 1.97. The minimum atomic E-state index is 0.141. The molecule has 2 nitrogen and oxygen atoms in total. The van der Waals surface area contributed by atoms with Gasteiger partial charge in [-0.1, -0.05) is 12.2 Å². The molecule has 0 bridgehead atoms. The Morgan fingerprint density at radius 2 is 2.50 bits per heavy atom. The van der Waals surface area contributed by atoms with Crippen LogP contribution >= 0.6 is 0 Å². The Bertz CT molecular complexity index is 250. The first-order valence-electron chi connectivity index (χ1n) is 4.79. The average molecular weight is 165 g/mol. The summed E-state index contributed by atoms with van der Waals surface area (Å²) in [4.78, 5) is 2.45. The van der Waals surface area contributed by atoms with Crippen LogP contribution in [0.5, 0.6) is 0 Å². The van der Waals surface area contributed by atoms with Gasteiger partial charge >= 0.3 is 0 Å². The van der Waals surface area contributed by atoms with E-state index < -0.39 is 0 Å². The zero-order chi connectivity index (χ0) is 8.34. The second-order valence-corrected chi connectivity index (χ2v) is 4.67. The zero-order valence-electron chi connectivity index (χ0n) is 7.29. The molecule has 12 heavy (non-hydrogen) atoms. The molecule has 1 saturated carbocycles. The third kappa shape index (κ3) is 0.639. The molecule has 2 saturated heterocycles. The number of fused-ring (bicyclic) bond motifs is 3. The van der Waals surface area contributed by atoms with Crippen molar-refractivity contribution in [2.45, 2.75) is 18.4 Å². The van der Waals surface area contributed by atoms with Crippen LogP contribution in [0.15, 0.2) is 12.2 Å². The van der Waals surface area contributed by atoms with Gasteiger partial charge < -0.3 is 5.11 Å². The maximum atomic E-state index is 9.46. The molecule has 2 heterocycles. The van der Waals surface area contributed by atoms with Gasteiger partial charge in [0.05, 0.1) is 12.1 Å². The highest BCUT2D eigenvalue weighted by Crippen LogP contribution is 2.59. The molecule has 3 fully saturated rings. The van der Waals surface area contributed by atoms with E-state index >= 15 is 0 Å². The van der Waals surface area contributed by atoms with Crippen molar-refractivity contribution < 1.29 is 5.11 Å². The number of aliphatic hydroxyl groups is 1. The van der Waals surface area contributed by atoms with E-state index in [1.807, 2.05) is 0 Å². The largest absolute Gasteiger partial charge is 0.394 e. The maximum Gasteiger partial charge on any atom is 0.0621 e. The van der Waals surface area contributed by atoms with Gasteiger partial charge in [-0.3, -0.25) is 4.90 Å². The topological polar surface area (TPSA) is 23.5 Å². The molecule has 3 rings (SSSR count). The summed E-state index contributed by atoms with van der Waals surface area (Å²) in [5.41, 5.74) is 1.45. The molecule has 0 radical (unpaired) electrons. The molecule has 1 N–H and O–H groups in total. The van der Waals surface area contributed by atoms with Crippen molar-refractivity contribution in [3.63, 3.8) is 0 Å². The molecule has 0 spiro atoms.